The number of hydrogen-bond donors (Lipinski definition) is 1. The van der Waals surface area contributed by atoms with E-state index in [1.807, 2.05) is 44.2 Å². The zero-order valence-electron chi connectivity index (χ0n) is 14.5. The third kappa shape index (κ3) is 4.28. The number of carbonyl (C=O) groups is 1. The fourth-order valence-corrected chi connectivity index (χ4v) is 2.90. The number of nitrogens with zero attached hydrogens (tertiary/aromatic N) is 2. The van der Waals surface area contributed by atoms with Crippen LogP contribution in [-0.2, 0) is 4.74 Å². The van der Waals surface area contributed by atoms with Gasteiger partial charge in [0.05, 0.1) is 19.3 Å². The summed E-state index contributed by atoms with van der Waals surface area (Å²) in [5.41, 5.74) is 1.65. The predicted octanol–water partition coefficient (Wildman–Crippen LogP) is 3.47. The zero-order valence-corrected chi connectivity index (χ0v) is 14.5. The van der Waals surface area contributed by atoms with Crippen molar-refractivity contribution in [3.05, 3.63) is 54.2 Å². The van der Waals surface area contributed by atoms with Gasteiger partial charge in [-0.1, -0.05) is 30.3 Å². The molecule has 1 aliphatic rings. The lowest BCUT2D eigenvalue weighted by molar-refractivity contribution is -0.0642. The third-order valence-corrected chi connectivity index (χ3v) is 4.01. The van der Waals surface area contributed by atoms with Gasteiger partial charge in [-0.25, -0.2) is 9.78 Å². The number of pyridine rings is 1. The minimum atomic E-state index is -0.176. The Kier molecular flexibility index (Phi) is 5.50. The first-order valence-electron chi connectivity index (χ1n) is 8.51. The molecule has 132 valence electrons. The van der Waals surface area contributed by atoms with Crippen LogP contribution in [0, 0.1) is 0 Å². The molecule has 3 rings (SSSR count). The number of rotatable bonds is 4. The molecule has 0 bridgehead atoms. The molecule has 2 amide bonds. The van der Waals surface area contributed by atoms with Crippen molar-refractivity contribution < 1.29 is 14.3 Å². The molecule has 2 aromatic rings. The Bertz CT molecular complexity index is 708. The van der Waals surface area contributed by atoms with E-state index >= 15 is 0 Å². The highest BCUT2D eigenvalue weighted by atomic mass is 16.5. The molecule has 0 radical (unpaired) electrons. The Labute approximate surface area is 147 Å². The summed E-state index contributed by atoms with van der Waals surface area (Å²) in [6.45, 7) is 5.40. The van der Waals surface area contributed by atoms with Crippen LogP contribution in [-0.4, -0.2) is 41.7 Å². The van der Waals surface area contributed by atoms with E-state index in [0.717, 1.165) is 5.56 Å². The summed E-state index contributed by atoms with van der Waals surface area (Å²) in [5, 5.41) is 2.90. The molecule has 1 fully saturated rings. The Hall–Kier alpha value is -2.60. The van der Waals surface area contributed by atoms with Crippen molar-refractivity contribution in [3.8, 4) is 5.88 Å². The van der Waals surface area contributed by atoms with Gasteiger partial charge in [0.15, 0.2) is 0 Å². The Balaban J connectivity index is 1.71. The molecule has 0 saturated carbocycles. The van der Waals surface area contributed by atoms with Crippen LogP contribution in [0.15, 0.2) is 48.7 Å². The Morgan fingerprint density at radius 3 is 2.84 bits per heavy atom. The molecule has 25 heavy (non-hydrogen) atoms. The van der Waals surface area contributed by atoms with Gasteiger partial charge in [-0.2, -0.15) is 0 Å². The van der Waals surface area contributed by atoms with E-state index < -0.39 is 0 Å². The van der Waals surface area contributed by atoms with Crippen LogP contribution >= 0.6 is 0 Å². The number of amides is 2. The van der Waals surface area contributed by atoms with Gasteiger partial charge in [0, 0.05) is 12.7 Å². The summed E-state index contributed by atoms with van der Waals surface area (Å²) in [5.74, 6) is 0.430. The largest absolute Gasteiger partial charge is 0.476 e. The molecule has 0 aliphatic carbocycles. The quantitative estimate of drug-likeness (QED) is 0.925. The van der Waals surface area contributed by atoms with Crippen LogP contribution in [0.25, 0.3) is 0 Å². The van der Waals surface area contributed by atoms with Crippen LogP contribution in [0.4, 0.5) is 10.5 Å². The number of ether oxygens (including phenoxy) is 2. The molecule has 1 aromatic carbocycles. The summed E-state index contributed by atoms with van der Waals surface area (Å²) in [7, 11) is 0. The molecule has 0 spiro atoms. The smallest absolute Gasteiger partial charge is 0.322 e. The van der Waals surface area contributed by atoms with Gasteiger partial charge in [0.25, 0.3) is 0 Å². The van der Waals surface area contributed by atoms with Crippen molar-refractivity contribution in [2.75, 3.05) is 25.0 Å². The lowest BCUT2D eigenvalue weighted by Crippen LogP contribution is -2.47. The van der Waals surface area contributed by atoms with Gasteiger partial charge in [-0.05, 0) is 31.5 Å². The highest BCUT2D eigenvalue weighted by Crippen LogP contribution is 2.26. The predicted molar refractivity (Wildman–Crippen MR) is 95.7 cm³/mol. The highest BCUT2D eigenvalue weighted by Gasteiger charge is 2.29. The molecule has 2 atom stereocenters. The molecule has 1 aromatic heterocycles. The van der Waals surface area contributed by atoms with Crippen molar-refractivity contribution in [1.82, 2.24) is 9.88 Å². The number of nitrogens with one attached hydrogen (secondary N) is 1. The molecule has 6 heteroatoms. The van der Waals surface area contributed by atoms with Crippen LogP contribution < -0.4 is 10.1 Å². The minimum absolute atomic E-state index is 0.0371. The number of aromatic nitrogens is 1. The van der Waals surface area contributed by atoms with Crippen LogP contribution in [0.3, 0.4) is 0 Å². The van der Waals surface area contributed by atoms with Crippen molar-refractivity contribution in [2.24, 2.45) is 0 Å². The fraction of sp³-hybridized carbons (Fsp3) is 0.368. The molecular weight excluding hydrogens is 318 g/mol. The third-order valence-electron chi connectivity index (χ3n) is 4.01. The van der Waals surface area contributed by atoms with E-state index in [1.54, 1.807) is 23.2 Å². The number of anilines is 1. The van der Waals surface area contributed by atoms with Gasteiger partial charge in [-0.3, -0.25) is 0 Å². The topological polar surface area (TPSA) is 63.7 Å². The maximum Gasteiger partial charge on any atom is 0.322 e. The van der Waals surface area contributed by atoms with Crippen molar-refractivity contribution in [1.29, 1.82) is 0 Å². The second-order valence-electron chi connectivity index (χ2n) is 5.97. The number of hydrogen-bond acceptors (Lipinski definition) is 4. The summed E-state index contributed by atoms with van der Waals surface area (Å²) in [6.07, 6.45) is 1.48. The summed E-state index contributed by atoms with van der Waals surface area (Å²) in [6, 6.07) is 13.4. The molecule has 6 nitrogen and oxygen atoms in total. The molecular formula is C19H23N3O3. The van der Waals surface area contributed by atoms with Gasteiger partial charge in [0.1, 0.15) is 11.8 Å². The summed E-state index contributed by atoms with van der Waals surface area (Å²) >= 11 is 0. The SMILES string of the molecule is CCOc1ncccc1NC(=O)N1CC(C)OC(c2ccccc2)C1. The van der Waals surface area contributed by atoms with Crippen molar-refractivity contribution >= 4 is 11.7 Å². The lowest BCUT2D eigenvalue weighted by Gasteiger charge is -2.37. The monoisotopic (exact) mass is 341 g/mol. The first-order valence-corrected chi connectivity index (χ1v) is 8.51. The average molecular weight is 341 g/mol. The molecule has 1 N–H and O–H groups in total. The first kappa shape index (κ1) is 17.2. The maximum atomic E-state index is 12.7. The van der Waals surface area contributed by atoms with E-state index in [0.29, 0.717) is 31.3 Å². The zero-order chi connectivity index (χ0) is 17.6. The first-order chi connectivity index (χ1) is 12.2. The van der Waals surface area contributed by atoms with E-state index in [-0.39, 0.29) is 18.2 Å². The van der Waals surface area contributed by atoms with Gasteiger partial charge in [0.2, 0.25) is 5.88 Å². The molecule has 2 heterocycles. The molecule has 2 unspecified atom stereocenters. The average Bonchev–Trinajstić information content (AvgIpc) is 2.64. The normalized spacial score (nSPS) is 20.2. The molecule has 1 aliphatic heterocycles. The van der Waals surface area contributed by atoms with E-state index in [9.17, 15) is 4.79 Å². The summed E-state index contributed by atoms with van der Waals surface area (Å²) in [4.78, 5) is 18.7. The maximum absolute atomic E-state index is 12.7. The number of benzene rings is 1. The highest BCUT2D eigenvalue weighted by molar-refractivity contribution is 5.90. The second kappa shape index (κ2) is 7.98. The van der Waals surface area contributed by atoms with E-state index in [2.05, 4.69) is 10.3 Å². The van der Waals surface area contributed by atoms with Crippen LogP contribution in [0.1, 0.15) is 25.5 Å². The lowest BCUT2D eigenvalue weighted by atomic mass is 10.1. The second-order valence-corrected chi connectivity index (χ2v) is 5.97. The van der Waals surface area contributed by atoms with Crippen LogP contribution in [0.2, 0.25) is 0 Å². The van der Waals surface area contributed by atoms with Crippen LogP contribution in [0.5, 0.6) is 5.88 Å². The van der Waals surface area contributed by atoms with Crippen molar-refractivity contribution in [3.63, 3.8) is 0 Å². The van der Waals surface area contributed by atoms with E-state index in [4.69, 9.17) is 9.47 Å². The van der Waals surface area contributed by atoms with Gasteiger partial charge < -0.3 is 19.7 Å². The number of morpholine rings is 1. The standard InChI is InChI=1S/C19H23N3O3/c1-3-24-18-16(10-7-11-20-18)21-19(23)22-12-14(2)25-17(13-22)15-8-5-4-6-9-15/h4-11,14,17H,3,12-13H2,1-2H3,(H,21,23). The van der Waals surface area contributed by atoms with Gasteiger partial charge >= 0.3 is 6.03 Å². The Morgan fingerprint density at radius 2 is 2.08 bits per heavy atom. The summed E-state index contributed by atoms with van der Waals surface area (Å²) < 4.78 is 11.5. The Morgan fingerprint density at radius 1 is 1.28 bits per heavy atom. The minimum Gasteiger partial charge on any atom is -0.476 e. The fourth-order valence-electron chi connectivity index (χ4n) is 2.90. The molecule has 1 saturated heterocycles. The van der Waals surface area contributed by atoms with E-state index in [1.165, 1.54) is 0 Å². The van der Waals surface area contributed by atoms with Gasteiger partial charge in [-0.15, -0.1) is 0 Å². The number of carbonyl (C=O) groups excluding carboxylic acids is 1. The number of urea groups is 1. The van der Waals surface area contributed by atoms with Crippen molar-refractivity contribution in [2.45, 2.75) is 26.1 Å².